The van der Waals surface area contributed by atoms with Crippen molar-refractivity contribution in [3.63, 3.8) is 0 Å². The van der Waals surface area contributed by atoms with Crippen LogP contribution in [0.2, 0.25) is 5.02 Å². The average molecular weight is 371 g/mol. The molecule has 0 amide bonds. The average Bonchev–Trinajstić information content (AvgIpc) is 3.02. The zero-order valence-electron chi connectivity index (χ0n) is 13.8. The smallest absolute Gasteiger partial charge is 0.0601 e. The maximum Gasteiger partial charge on any atom is 0.0601 e. The van der Waals surface area contributed by atoms with Gasteiger partial charge in [-0.3, -0.25) is 9.19 Å². The number of hydrogen-bond acceptors (Lipinski definition) is 3. The molecule has 1 aromatic heterocycles. The van der Waals surface area contributed by atoms with Crippen molar-refractivity contribution >= 4 is 22.4 Å². The van der Waals surface area contributed by atoms with E-state index in [0.29, 0.717) is 5.75 Å². The number of aromatic nitrogens is 1. The van der Waals surface area contributed by atoms with E-state index in [-0.39, 0.29) is 12.0 Å². The van der Waals surface area contributed by atoms with Crippen LogP contribution < -0.4 is 0 Å². The number of fused-ring (bicyclic) bond motifs is 1. The number of halogens is 1. The summed E-state index contributed by atoms with van der Waals surface area (Å²) < 4.78 is 11.9. The molecule has 1 aromatic carbocycles. The lowest BCUT2D eigenvalue weighted by Crippen LogP contribution is -2.38. The third-order valence-electron chi connectivity index (χ3n) is 4.97. The highest BCUT2D eigenvalue weighted by molar-refractivity contribution is 7.88. The largest absolute Gasteiger partial charge is 0.363 e. The third kappa shape index (κ3) is 3.29. The number of pyridine rings is 1. The predicted molar refractivity (Wildman–Crippen MR) is 103 cm³/mol. The van der Waals surface area contributed by atoms with E-state index in [9.17, 15) is 4.21 Å². The first-order valence-electron chi connectivity index (χ1n) is 8.30. The predicted octanol–water partition coefficient (Wildman–Crippen LogP) is 4.04. The van der Waals surface area contributed by atoms with E-state index in [1.807, 2.05) is 30.3 Å². The van der Waals surface area contributed by atoms with Gasteiger partial charge in [-0.15, -0.1) is 0 Å². The molecule has 0 radical (unpaired) electrons. The van der Waals surface area contributed by atoms with E-state index < -0.39 is 10.8 Å². The fourth-order valence-electron chi connectivity index (χ4n) is 3.54. The van der Waals surface area contributed by atoms with Gasteiger partial charge in [0.2, 0.25) is 0 Å². The van der Waals surface area contributed by atoms with Crippen LogP contribution in [0, 0.1) is 0 Å². The Kier molecular flexibility index (Phi) is 4.48. The van der Waals surface area contributed by atoms with E-state index in [2.05, 4.69) is 22.5 Å². The minimum absolute atomic E-state index is 0.115. The van der Waals surface area contributed by atoms with Crippen molar-refractivity contribution in [3.05, 3.63) is 88.2 Å². The molecule has 5 heteroatoms. The SMILES string of the molecule is C=C(C1Cc2ccc(Cl)cc21)N(Cc1ccncc1)C1C=CS(=O)C1. The molecule has 0 bridgehead atoms. The van der Waals surface area contributed by atoms with Gasteiger partial charge in [-0.25, -0.2) is 0 Å². The van der Waals surface area contributed by atoms with Crippen molar-refractivity contribution in [2.24, 2.45) is 0 Å². The second kappa shape index (κ2) is 6.77. The van der Waals surface area contributed by atoms with Gasteiger partial charge in [-0.1, -0.05) is 30.3 Å². The van der Waals surface area contributed by atoms with Crippen LogP contribution in [0.25, 0.3) is 0 Å². The van der Waals surface area contributed by atoms with Crippen LogP contribution >= 0.6 is 11.6 Å². The standard InChI is InChI=1S/C20H19ClN2OS/c1-14(19-10-16-2-3-17(21)11-20(16)19)23(18-6-9-25(24)13-18)12-15-4-7-22-8-5-15/h2-9,11,18-19H,1,10,12-13H2. The topological polar surface area (TPSA) is 33.2 Å². The van der Waals surface area contributed by atoms with Gasteiger partial charge in [-0.05, 0) is 47.4 Å². The molecule has 0 N–H and O–H groups in total. The van der Waals surface area contributed by atoms with Gasteiger partial charge in [0.1, 0.15) is 0 Å². The molecule has 1 aliphatic heterocycles. The van der Waals surface area contributed by atoms with Crippen molar-refractivity contribution in [2.75, 3.05) is 5.75 Å². The lowest BCUT2D eigenvalue weighted by molar-refractivity contribution is 0.279. The highest BCUT2D eigenvalue weighted by atomic mass is 35.5. The van der Waals surface area contributed by atoms with Gasteiger partial charge in [0, 0.05) is 51.8 Å². The first-order chi connectivity index (χ1) is 12.1. The lowest BCUT2D eigenvalue weighted by atomic mass is 9.75. The van der Waals surface area contributed by atoms with Crippen LogP contribution in [0.4, 0.5) is 0 Å². The number of rotatable bonds is 5. The first kappa shape index (κ1) is 16.6. The summed E-state index contributed by atoms with van der Waals surface area (Å²) in [5.74, 6) is 0.900. The van der Waals surface area contributed by atoms with E-state index in [4.69, 9.17) is 11.6 Å². The van der Waals surface area contributed by atoms with E-state index in [0.717, 1.165) is 23.7 Å². The summed E-state index contributed by atoms with van der Waals surface area (Å²) in [6.45, 7) is 5.14. The molecule has 3 nitrogen and oxygen atoms in total. The van der Waals surface area contributed by atoms with Crippen molar-refractivity contribution < 1.29 is 4.21 Å². The molecule has 2 aromatic rings. The van der Waals surface area contributed by atoms with Crippen LogP contribution in [0.15, 0.2) is 66.5 Å². The summed E-state index contributed by atoms with van der Waals surface area (Å²) in [4.78, 5) is 6.37. The summed E-state index contributed by atoms with van der Waals surface area (Å²) in [7, 11) is -0.891. The lowest BCUT2D eigenvalue weighted by Gasteiger charge is -2.40. The van der Waals surface area contributed by atoms with E-state index in [1.165, 1.54) is 16.7 Å². The fraction of sp³-hybridized carbons (Fsp3) is 0.250. The number of benzene rings is 1. The van der Waals surface area contributed by atoms with Crippen molar-refractivity contribution in [2.45, 2.75) is 24.9 Å². The van der Waals surface area contributed by atoms with Gasteiger partial charge in [0.15, 0.2) is 0 Å². The molecule has 0 spiro atoms. The Morgan fingerprint density at radius 1 is 1.32 bits per heavy atom. The summed E-state index contributed by atoms with van der Waals surface area (Å²) in [5, 5.41) is 2.56. The Morgan fingerprint density at radius 3 is 2.84 bits per heavy atom. The third-order valence-corrected chi connectivity index (χ3v) is 6.33. The monoisotopic (exact) mass is 370 g/mol. The van der Waals surface area contributed by atoms with Crippen LogP contribution in [0.3, 0.4) is 0 Å². The Labute approximate surface area is 155 Å². The second-order valence-electron chi connectivity index (χ2n) is 6.52. The van der Waals surface area contributed by atoms with Crippen LogP contribution in [0.5, 0.6) is 0 Å². The number of hydrogen-bond donors (Lipinski definition) is 0. The Balaban J connectivity index is 1.60. The summed E-state index contributed by atoms with van der Waals surface area (Å²) in [6, 6.07) is 10.2. The molecular formula is C20H19ClN2OS. The Bertz CT molecular complexity index is 865. The molecule has 128 valence electrons. The molecule has 4 rings (SSSR count). The first-order valence-corrected chi connectivity index (χ1v) is 10.1. The Hall–Kier alpha value is -1.91. The van der Waals surface area contributed by atoms with Crippen LogP contribution in [-0.2, 0) is 23.8 Å². The minimum Gasteiger partial charge on any atom is -0.363 e. The maximum atomic E-state index is 11.9. The Morgan fingerprint density at radius 2 is 2.12 bits per heavy atom. The minimum atomic E-state index is -0.891. The molecule has 0 saturated heterocycles. The molecule has 2 heterocycles. The van der Waals surface area contributed by atoms with Gasteiger partial charge >= 0.3 is 0 Å². The molecule has 0 saturated carbocycles. The molecule has 0 fully saturated rings. The summed E-state index contributed by atoms with van der Waals surface area (Å²) in [6.07, 6.45) is 6.63. The maximum absolute atomic E-state index is 11.9. The quantitative estimate of drug-likeness (QED) is 0.796. The van der Waals surface area contributed by atoms with Gasteiger partial charge in [0.05, 0.1) is 11.8 Å². The zero-order valence-corrected chi connectivity index (χ0v) is 15.3. The van der Waals surface area contributed by atoms with Gasteiger partial charge in [-0.2, -0.15) is 0 Å². The molecule has 2 aliphatic rings. The normalized spacial score (nSPS) is 23.8. The van der Waals surface area contributed by atoms with Crippen molar-refractivity contribution in [3.8, 4) is 0 Å². The van der Waals surface area contributed by atoms with E-state index in [1.54, 1.807) is 17.8 Å². The van der Waals surface area contributed by atoms with Crippen molar-refractivity contribution in [1.29, 1.82) is 0 Å². The second-order valence-corrected chi connectivity index (χ2v) is 8.32. The van der Waals surface area contributed by atoms with Crippen LogP contribution in [-0.4, -0.2) is 25.9 Å². The molecule has 3 unspecified atom stereocenters. The van der Waals surface area contributed by atoms with E-state index >= 15 is 0 Å². The highest BCUT2D eigenvalue weighted by Crippen LogP contribution is 2.43. The number of allylic oxidation sites excluding steroid dienone is 1. The van der Waals surface area contributed by atoms with Crippen molar-refractivity contribution in [1.82, 2.24) is 9.88 Å². The molecule has 1 aliphatic carbocycles. The molecule has 25 heavy (non-hydrogen) atoms. The fourth-order valence-corrected chi connectivity index (χ4v) is 4.82. The van der Waals surface area contributed by atoms with Gasteiger partial charge in [0.25, 0.3) is 0 Å². The summed E-state index contributed by atoms with van der Waals surface area (Å²) >= 11 is 6.17. The van der Waals surface area contributed by atoms with Gasteiger partial charge < -0.3 is 4.90 Å². The zero-order chi connectivity index (χ0) is 17.4. The van der Waals surface area contributed by atoms with Crippen LogP contribution in [0.1, 0.15) is 22.6 Å². The number of nitrogens with zero attached hydrogens (tertiary/aromatic N) is 2. The highest BCUT2D eigenvalue weighted by Gasteiger charge is 2.34. The molecule has 3 atom stereocenters. The molecular weight excluding hydrogens is 352 g/mol. The summed E-state index contributed by atoms with van der Waals surface area (Å²) in [5.41, 5.74) is 4.85.